The summed E-state index contributed by atoms with van der Waals surface area (Å²) in [4.78, 5) is 0. The van der Waals surface area contributed by atoms with E-state index in [4.69, 9.17) is 21.9 Å². The Bertz CT molecular complexity index is 3190. The normalized spacial score (nSPS) is 20.3. The van der Waals surface area contributed by atoms with Crippen LogP contribution in [0.5, 0.6) is 0 Å². The lowest BCUT2D eigenvalue weighted by Gasteiger charge is -2.20. The molecule has 8 rings (SSSR count). The van der Waals surface area contributed by atoms with Gasteiger partial charge in [-0.15, -0.1) is 0 Å². The maximum Gasteiger partial charge on any atom is 0.0636 e. The summed E-state index contributed by atoms with van der Waals surface area (Å²) in [6, 6.07) is -17.1. The van der Waals surface area contributed by atoms with E-state index in [0.717, 1.165) is 6.07 Å². The second-order valence-corrected chi connectivity index (χ2v) is 8.71. The SMILES string of the molecule is [2H]c1cc(-c2c([2H])c([2H])c([2H])c([2H])c2[2H])c([2H])c(-c2c3c([2H])c([2H])c([2H])c([2H])c3c(-c3c([2H])c([2H])c([2H])c4c3-c3c([2H])c([2H])c([2H])c([2H])c3C4)c3c([2H])c([2H])c([2H])c([2H])c23)c1[2H]. The minimum Gasteiger partial charge on any atom is -0.0622 e. The minimum absolute atomic E-state index is 0.0232. The Balaban J connectivity index is 1.73. The molecule has 0 N–H and O–H groups in total. The number of benzene rings is 7. The Kier molecular flexibility index (Phi) is 2.05. The van der Waals surface area contributed by atoms with Gasteiger partial charge in [-0.1, -0.05) is 139 Å². The standard InChI is InChI=1S/C39H26/c1-2-12-26(13-3-1)27-15-10-16-29(24-27)38-32-19-6-8-21-34(32)39(35-22-9-7-20-33(35)38)36-23-11-17-30-25-28-14-4-5-18-31(28)37(30)36/h1-24H,25H2/i1D,2D,3D,4D,5D,6D,7D,8D,9D,10D,11D,12D,13D,14D,16D,17D,18D,19D,20D,21D,22D,23D,24D. The van der Waals surface area contributed by atoms with Gasteiger partial charge in [-0.3, -0.25) is 0 Å². The first-order valence-corrected chi connectivity index (χ1v) is 11.8. The van der Waals surface area contributed by atoms with Crippen LogP contribution in [0, 0.1) is 0 Å². The third-order valence-corrected chi connectivity index (χ3v) is 6.64. The molecule has 0 radical (unpaired) electrons. The average Bonchev–Trinajstić information content (AvgIpc) is 3.64. The lowest BCUT2D eigenvalue weighted by molar-refractivity contribution is 1.26. The van der Waals surface area contributed by atoms with E-state index in [9.17, 15) is 9.60 Å². The van der Waals surface area contributed by atoms with Gasteiger partial charge >= 0.3 is 0 Å². The van der Waals surface area contributed by atoms with Crippen molar-refractivity contribution in [3.63, 3.8) is 0 Å². The molecule has 0 fully saturated rings. The number of hydrogen-bond acceptors (Lipinski definition) is 0. The Morgan fingerprint density at radius 3 is 1.69 bits per heavy atom. The van der Waals surface area contributed by atoms with Crippen LogP contribution in [0.4, 0.5) is 0 Å². The lowest BCUT2D eigenvalue weighted by Crippen LogP contribution is -1.93. The molecule has 0 nitrogen and oxygen atoms in total. The summed E-state index contributed by atoms with van der Waals surface area (Å²) in [6.07, 6.45) is -0.343. The van der Waals surface area contributed by atoms with Crippen LogP contribution < -0.4 is 0 Å². The van der Waals surface area contributed by atoms with Crippen molar-refractivity contribution in [3.8, 4) is 44.5 Å². The Labute approximate surface area is 261 Å². The molecule has 39 heavy (non-hydrogen) atoms. The fourth-order valence-corrected chi connectivity index (χ4v) is 5.05. The Hall–Kier alpha value is -4.94. The van der Waals surface area contributed by atoms with Crippen LogP contribution in [0.25, 0.3) is 66.1 Å². The summed E-state index contributed by atoms with van der Waals surface area (Å²) in [5, 5.41) is -2.37. The van der Waals surface area contributed by atoms with Crippen LogP contribution in [-0.2, 0) is 6.42 Å². The summed E-state index contributed by atoms with van der Waals surface area (Å²) >= 11 is 0. The van der Waals surface area contributed by atoms with Gasteiger partial charge in [-0.2, -0.15) is 0 Å². The van der Waals surface area contributed by atoms with E-state index >= 15 is 0 Å². The molecule has 0 amide bonds. The van der Waals surface area contributed by atoms with Crippen molar-refractivity contribution in [3.05, 3.63) is 156 Å². The highest BCUT2D eigenvalue weighted by molar-refractivity contribution is 6.22. The van der Waals surface area contributed by atoms with Crippen LogP contribution in [0.3, 0.4) is 0 Å². The van der Waals surface area contributed by atoms with Gasteiger partial charge in [0.1, 0.15) is 0 Å². The van der Waals surface area contributed by atoms with E-state index in [2.05, 4.69) is 0 Å². The van der Waals surface area contributed by atoms with Crippen molar-refractivity contribution in [1.29, 1.82) is 0 Å². The van der Waals surface area contributed by atoms with Crippen molar-refractivity contribution in [1.82, 2.24) is 0 Å². The van der Waals surface area contributed by atoms with E-state index in [1.807, 2.05) is 0 Å². The van der Waals surface area contributed by atoms with Crippen LogP contribution >= 0.6 is 0 Å². The lowest BCUT2D eigenvalue weighted by atomic mass is 9.83. The highest BCUT2D eigenvalue weighted by Gasteiger charge is 2.24. The molecule has 1 aliphatic rings. The third kappa shape index (κ3) is 3.46. The smallest absolute Gasteiger partial charge is 0.0622 e. The zero-order chi connectivity index (χ0) is 45.8. The van der Waals surface area contributed by atoms with Crippen molar-refractivity contribution < 1.29 is 31.5 Å². The van der Waals surface area contributed by atoms with Gasteiger partial charge in [-0.05, 0) is 89.6 Å². The zero-order valence-electron chi connectivity index (χ0n) is 42.8. The summed E-state index contributed by atoms with van der Waals surface area (Å²) in [6.45, 7) is 0. The summed E-state index contributed by atoms with van der Waals surface area (Å²) in [5.41, 5.74) is -3.85. The fraction of sp³-hybridized carbons (Fsp3) is 0.0256. The fourth-order valence-electron chi connectivity index (χ4n) is 5.05. The molecule has 0 heterocycles. The first-order chi connectivity index (χ1) is 28.9. The molecule has 7 aromatic carbocycles. The van der Waals surface area contributed by atoms with Gasteiger partial charge in [-0.25, -0.2) is 0 Å². The molecule has 0 unspecified atom stereocenters. The molecule has 0 spiro atoms. The largest absolute Gasteiger partial charge is 0.0636 e. The molecule has 182 valence electrons. The molecule has 1 aliphatic carbocycles. The number of rotatable bonds is 3. The van der Waals surface area contributed by atoms with Gasteiger partial charge in [0.15, 0.2) is 0 Å². The van der Waals surface area contributed by atoms with Crippen LogP contribution in [0.15, 0.2) is 145 Å². The van der Waals surface area contributed by atoms with E-state index in [-0.39, 0.29) is 28.7 Å². The predicted octanol–water partition coefficient (Wildman–Crippen LogP) is 10.6. The zero-order valence-corrected chi connectivity index (χ0v) is 19.8. The predicted molar refractivity (Wildman–Crippen MR) is 166 cm³/mol. The quantitative estimate of drug-likeness (QED) is 0.204. The first kappa shape index (κ1) is 9.07. The van der Waals surface area contributed by atoms with Crippen LogP contribution in [0.1, 0.15) is 42.7 Å². The Morgan fingerprint density at radius 2 is 0.949 bits per heavy atom. The van der Waals surface area contributed by atoms with Crippen molar-refractivity contribution in [2.24, 2.45) is 0 Å². The topological polar surface area (TPSA) is 0 Å². The van der Waals surface area contributed by atoms with Gasteiger partial charge in [0, 0.05) is 0 Å². The summed E-state index contributed by atoms with van der Waals surface area (Å²) < 4.78 is 204. The van der Waals surface area contributed by atoms with Gasteiger partial charge in [0.05, 0.1) is 31.5 Å². The van der Waals surface area contributed by atoms with Gasteiger partial charge in [0.25, 0.3) is 0 Å². The molecule has 0 atom stereocenters. The molecular formula is C39H26. The molecule has 0 aliphatic heterocycles. The Morgan fingerprint density at radius 1 is 0.385 bits per heavy atom. The second-order valence-electron chi connectivity index (χ2n) is 8.71. The van der Waals surface area contributed by atoms with E-state index in [1.54, 1.807) is 0 Å². The maximum absolute atomic E-state index is 9.53. The van der Waals surface area contributed by atoms with E-state index < -0.39 is 194 Å². The van der Waals surface area contributed by atoms with Crippen LogP contribution in [0.2, 0.25) is 0 Å². The number of fused-ring (bicyclic) bond motifs is 5. The summed E-state index contributed by atoms with van der Waals surface area (Å²) in [5.74, 6) is 0. The average molecular weight is 518 g/mol. The van der Waals surface area contributed by atoms with Crippen molar-refractivity contribution >= 4 is 21.5 Å². The molecule has 0 saturated carbocycles. The molecule has 0 heteroatoms. The monoisotopic (exact) mass is 517 g/mol. The first-order valence-electron chi connectivity index (χ1n) is 23.3. The minimum atomic E-state index is -0.903. The molecule has 7 aromatic rings. The van der Waals surface area contributed by atoms with Crippen LogP contribution in [-0.4, -0.2) is 0 Å². The molecule has 0 bridgehead atoms. The van der Waals surface area contributed by atoms with Crippen molar-refractivity contribution in [2.45, 2.75) is 6.42 Å². The number of hydrogen-bond donors (Lipinski definition) is 0. The van der Waals surface area contributed by atoms with E-state index in [1.165, 1.54) is 0 Å². The molecule has 0 aromatic heterocycles. The maximum atomic E-state index is 9.53. The van der Waals surface area contributed by atoms with E-state index in [0.29, 0.717) is 0 Å². The molecule has 0 saturated heterocycles. The second kappa shape index (κ2) is 8.82. The summed E-state index contributed by atoms with van der Waals surface area (Å²) in [7, 11) is 0. The highest BCUT2D eigenvalue weighted by Crippen LogP contribution is 2.49. The highest BCUT2D eigenvalue weighted by atomic mass is 14.3. The van der Waals surface area contributed by atoms with Crippen molar-refractivity contribution in [2.75, 3.05) is 0 Å². The molecular weight excluding hydrogens is 468 g/mol. The van der Waals surface area contributed by atoms with Gasteiger partial charge in [0.2, 0.25) is 0 Å². The third-order valence-electron chi connectivity index (χ3n) is 6.64. The van der Waals surface area contributed by atoms with Gasteiger partial charge < -0.3 is 0 Å².